The molecule has 0 spiro atoms. The van der Waals surface area contributed by atoms with Crippen LogP contribution in [-0.4, -0.2) is 16.1 Å². The average molecular weight is 285 g/mol. The number of hydrogen-bond donors (Lipinski definition) is 2. The van der Waals surface area contributed by atoms with Crippen molar-refractivity contribution in [3.8, 4) is 11.3 Å². The van der Waals surface area contributed by atoms with Gasteiger partial charge in [-0.05, 0) is 37.8 Å². The van der Waals surface area contributed by atoms with Crippen LogP contribution < -0.4 is 5.32 Å². The standard InChI is InChI=1S/C16H16FN3O/c17-12-3-1-2-11(8-12)14-15(18-16(21)10-6-7-10)13(19-20-14)9-4-5-9/h1-3,8-10H,4-7H2,(H,18,21)(H,19,20). The smallest absolute Gasteiger partial charge is 0.227 e. The SMILES string of the molecule is O=C(Nc1c(-c2cccc(F)c2)n[nH]c1C1CC1)C1CC1. The molecule has 0 radical (unpaired) electrons. The molecule has 0 unspecified atom stereocenters. The Morgan fingerprint density at radius 1 is 1.29 bits per heavy atom. The molecule has 1 amide bonds. The molecule has 2 N–H and O–H groups in total. The minimum atomic E-state index is -0.303. The summed E-state index contributed by atoms with van der Waals surface area (Å²) in [5, 5.41) is 10.4. The Kier molecular flexibility index (Phi) is 2.80. The molecule has 2 fully saturated rings. The Balaban J connectivity index is 1.73. The number of H-pyrrole nitrogens is 1. The van der Waals surface area contributed by atoms with E-state index in [-0.39, 0.29) is 17.6 Å². The Morgan fingerprint density at radius 2 is 2.10 bits per heavy atom. The number of carbonyl (C=O) groups excluding carboxylic acids is 1. The number of anilines is 1. The predicted molar refractivity (Wildman–Crippen MR) is 77.3 cm³/mol. The number of aromatic nitrogens is 2. The quantitative estimate of drug-likeness (QED) is 0.904. The summed E-state index contributed by atoms with van der Waals surface area (Å²) in [4.78, 5) is 12.1. The molecule has 1 aromatic carbocycles. The molecule has 2 saturated carbocycles. The lowest BCUT2D eigenvalue weighted by Crippen LogP contribution is -2.14. The van der Waals surface area contributed by atoms with Gasteiger partial charge in [0.2, 0.25) is 5.91 Å². The van der Waals surface area contributed by atoms with Crippen molar-refractivity contribution in [3.63, 3.8) is 0 Å². The van der Waals surface area contributed by atoms with Gasteiger partial charge in [-0.2, -0.15) is 5.10 Å². The average Bonchev–Trinajstić information content (AvgIpc) is 3.36. The van der Waals surface area contributed by atoms with Gasteiger partial charge in [-0.1, -0.05) is 12.1 Å². The van der Waals surface area contributed by atoms with E-state index in [0.29, 0.717) is 17.2 Å². The van der Waals surface area contributed by atoms with Gasteiger partial charge in [0.05, 0.1) is 11.4 Å². The lowest BCUT2D eigenvalue weighted by Gasteiger charge is -2.07. The molecule has 2 aromatic rings. The molecule has 2 aliphatic carbocycles. The van der Waals surface area contributed by atoms with Crippen molar-refractivity contribution < 1.29 is 9.18 Å². The van der Waals surface area contributed by atoms with Gasteiger partial charge in [-0.25, -0.2) is 4.39 Å². The van der Waals surface area contributed by atoms with Gasteiger partial charge in [-0.15, -0.1) is 0 Å². The summed E-state index contributed by atoms with van der Waals surface area (Å²) in [6.45, 7) is 0. The maximum absolute atomic E-state index is 13.4. The number of nitrogens with zero attached hydrogens (tertiary/aromatic N) is 1. The first-order valence-electron chi connectivity index (χ1n) is 7.37. The van der Waals surface area contributed by atoms with Crippen LogP contribution in [0.3, 0.4) is 0 Å². The third-order valence-corrected chi connectivity index (χ3v) is 4.07. The van der Waals surface area contributed by atoms with Gasteiger partial charge in [0.25, 0.3) is 0 Å². The van der Waals surface area contributed by atoms with Crippen LogP contribution in [0.2, 0.25) is 0 Å². The monoisotopic (exact) mass is 285 g/mol. The minimum Gasteiger partial charge on any atom is -0.322 e. The number of amides is 1. The van der Waals surface area contributed by atoms with E-state index < -0.39 is 0 Å². The molecule has 5 heteroatoms. The highest BCUT2D eigenvalue weighted by molar-refractivity contribution is 5.98. The van der Waals surface area contributed by atoms with Gasteiger partial charge in [-0.3, -0.25) is 9.89 Å². The summed E-state index contributed by atoms with van der Waals surface area (Å²) in [5.41, 5.74) is 3.03. The number of benzene rings is 1. The zero-order valence-corrected chi connectivity index (χ0v) is 11.5. The number of aromatic amines is 1. The zero-order valence-electron chi connectivity index (χ0n) is 11.5. The van der Waals surface area contributed by atoms with Crippen molar-refractivity contribution in [2.24, 2.45) is 5.92 Å². The molecule has 0 bridgehead atoms. The van der Waals surface area contributed by atoms with E-state index >= 15 is 0 Å². The van der Waals surface area contributed by atoms with E-state index in [2.05, 4.69) is 15.5 Å². The Bertz CT molecular complexity index is 701. The van der Waals surface area contributed by atoms with Gasteiger partial charge in [0.15, 0.2) is 0 Å². The highest BCUT2D eigenvalue weighted by Gasteiger charge is 2.34. The van der Waals surface area contributed by atoms with Crippen LogP contribution in [0.15, 0.2) is 24.3 Å². The molecule has 21 heavy (non-hydrogen) atoms. The Labute approximate surface area is 121 Å². The number of halogens is 1. The van der Waals surface area contributed by atoms with Gasteiger partial charge >= 0.3 is 0 Å². The second-order valence-electron chi connectivity index (χ2n) is 5.91. The molecule has 4 rings (SSSR count). The summed E-state index contributed by atoms with van der Waals surface area (Å²) < 4.78 is 13.4. The molecule has 0 aliphatic heterocycles. The minimum absolute atomic E-state index is 0.0518. The van der Waals surface area contributed by atoms with Crippen LogP contribution >= 0.6 is 0 Å². The van der Waals surface area contributed by atoms with Gasteiger partial charge < -0.3 is 5.32 Å². The van der Waals surface area contributed by atoms with Crippen molar-refractivity contribution in [1.82, 2.24) is 10.2 Å². The van der Waals surface area contributed by atoms with Crippen LogP contribution in [0.1, 0.15) is 37.3 Å². The maximum atomic E-state index is 13.4. The Hall–Kier alpha value is -2.17. The molecule has 1 aromatic heterocycles. The fourth-order valence-electron chi connectivity index (χ4n) is 2.56. The van der Waals surface area contributed by atoms with Crippen LogP contribution in [-0.2, 0) is 4.79 Å². The number of carbonyl (C=O) groups is 1. The number of hydrogen-bond acceptors (Lipinski definition) is 2. The summed E-state index contributed by atoms with van der Waals surface area (Å²) in [7, 11) is 0. The van der Waals surface area contributed by atoms with Crippen molar-refractivity contribution in [2.75, 3.05) is 5.32 Å². The number of nitrogens with one attached hydrogen (secondary N) is 2. The molecule has 1 heterocycles. The molecular weight excluding hydrogens is 269 g/mol. The fourth-order valence-corrected chi connectivity index (χ4v) is 2.56. The molecule has 2 aliphatic rings. The van der Waals surface area contributed by atoms with E-state index in [1.54, 1.807) is 6.07 Å². The van der Waals surface area contributed by atoms with Crippen molar-refractivity contribution >= 4 is 11.6 Å². The number of rotatable bonds is 4. The lowest BCUT2D eigenvalue weighted by atomic mass is 10.1. The van der Waals surface area contributed by atoms with E-state index in [4.69, 9.17) is 0 Å². The first-order valence-corrected chi connectivity index (χ1v) is 7.37. The van der Waals surface area contributed by atoms with Crippen LogP contribution in [0.4, 0.5) is 10.1 Å². The summed E-state index contributed by atoms with van der Waals surface area (Å²) in [6, 6.07) is 6.31. The molecule has 0 atom stereocenters. The van der Waals surface area contributed by atoms with E-state index in [9.17, 15) is 9.18 Å². The topological polar surface area (TPSA) is 57.8 Å². The normalized spacial score (nSPS) is 17.8. The summed E-state index contributed by atoms with van der Waals surface area (Å²) in [5.74, 6) is 0.320. The highest BCUT2D eigenvalue weighted by Crippen LogP contribution is 2.45. The molecule has 0 saturated heterocycles. The third-order valence-electron chi connectivity index (χ3n) is 4.07. The molecular formula is C16H16FN3O. The van der Waals surface area contributed by atoms with Crippen LogP contribution in [0, 0.1) is 11.7 Å². The highest BCUT2D eigenvalue weighted by atomic mass is 19.1. The first kappa shape index (κ1) is 12.6. The lowest BCUT2D eigenvalue weighted by molar-refractivity contribution is -0.117. The van der Waals surface area contributed by atoms with Gasteiger partial charge in [0.1, 0.15) is 11.5 Å². The van der Waals surface area contributed by atoms with Crippen molar-refractivity contribution in [3.05, 3.63) is 35.8 Å². The first-order chi connectivity index (χ1) is 10.2. The predicted octanol–water partition coefficient (Wildman–Crippen LogP) is 3.44. The maximum Gasteiger partial charge on any atom is 0.227 e. The molecule has 4 nitrogen and oxygen atoms in total. The van der Waals surface area contributed by atoms with E-state index in [0.717, 1.165) is 37.1 Å². The van der Waals surface area contributed by atoms with Crippen LogP contribution in [0.5, 0.6) is 0 Å². The summed E-state index contributed by atoms with van der Waals surface area (Å²) in [6.07, 6.45) is 4.13. The van der Waals surface area contributed by atoms with E-state index in [1.165, 1.54) is 12.1 Å². The second kappa shape index (κ2) is 4.69. The van der Waals surface area contributed by atoms with Crippen molar-refractivity contribution in [2.45, 2.75) is 31.6 Å². The zero-order chi connectivity index (χ0) is 14.4. The van der Waals surface area contributed by atoms with Gasteiger partial charge in [0, 0.05) is 17.4 Å². The van der Waals surface area contributed by atoms with Crippen LogP contribution in [0.25, 0.3) is 11.3 Å². The van der Waals surface area contributed by atoms with E-state index in [1.807, 2.05) is 6.07 Å². The largest absolute Gasteiger partial charge is 0.322 e. The summed E-state index contributed by atoms with van der Waals surface area (Å²) >= 11 is 0. The molecule has 108 valence electrons. The Morgan fingerprint density at radius 3 is 2.76 bits per heavy atom. The fraction of sp³-hybridized carbons (Fsp3) is 0.375. The third kappa shape index (κ3) is 2.44. The van der Waals surface area contributed by atoms with Crippen molar-refractivity contribution in [1.29, 1.82) is 0 Å². The second-order valence-corrected chi connectivity index (χ2v) is 5.91.